The lowest BCUT2D eigenvalue weighted by Gasteiger charge is -2.44. The molecule has 9 unspecified atom stereocenters. The summed E-state index contributed by atoms with van der Waals surface area (Å²) >= 11 is 0. The van der Waals surface area contributed by atoms with Crippen molar-refractivity contribution in [3.8, 4) is 0 Å². The van der Waals surface area contributed by atoms with E-state index in [0.717, 1.165) is 66.7 Å². The predicted octanol–water partition coefficient (Wildman–Crippen LogP) is 8.16. The summed E-state index contributed by atoms with van der Waals surface area (Å²) in [4.78, 5) is 91.1. The number of halogens is 3. The maximum absolute atomic E-state index is 13.3. The normalized spacial score (nSPS) is 17.9. The smallest absolute Gasteiger partial charge is 0.409 e. The summed E-state index contributed by atoms with van der Waals surface area (Å²) in [5, 5.41) is 22.8. The largest absolute Gasteiger partial charge is 0.448 e. The van der Waals surface area contributed by atoms with Gasteiger partial charge in [0.05, 0.1) is 55.5 Å². The number of rotatable bonds is 26. The van der Waals surface area contributed by atoms with Crippen LogP contribution in [-0.4, -0.2) is 243 Å². The van der Waals surface area contributed by atoms with Gasteiger partial charge >= 0.3 is 6.09 Å². The zero-order valence-electron chi connectivity index (χ0n) is 64.9. The first-order valence-electron chi connectivity index (χ1n) is 38.5. The molecule has 112 heavy (non-hydrogen) atoms. The van der Waals surface area contributed by atoms with Crippen LogP contribution in [0.2, 0.25) is 0 Å². The number of amides is 6. The minimum absolute atomic E-state index is 0.0224. The summed E-state index contributed by atoms with van der Waals surface area (Å²) in [7, 11) is 8.20. The molecule has 3 aliphatic rings. The van der Waals surface area contributed by atoms with Crippen molar-refractivity contribution in [2.24, 2.45) is 17.2 Å². The topological polar surface area (TPSA) is 266 Å². The fourth-order valence-corrected chi connectivity index (χ4v) is 15.3. The Bertz CT molecular complexity index is 4600. The third kappa shape index (κ3) is 22.8. The minimum Gasteiger partial charge on any atom is -0.448 e. The SMILES string of the molecule is CCC1CN(C(Cc2ccc3ccccc3c2)C(=O)NC)CCN1C(=O)C(N)Cc1ccc(F)cc1.CN(C)C(=O)OCC(Cc1ccc2ccccc2c1)N1CCN(C(=O)C(N)Cc2ccc(F)cc2)C(CO)C1.CNC(=O)C(Cc1ccc2ccccc2c1)N1CCN(C(=O)C(N)Cc2ccc(F)cc2)C(COC)C1. The van der Waals surface area contributed by atoms with Crippen molar-refractivity contribution < 1.29 is 56.5 Å². The van der Waals surface area contributed by atoms with Gasteiger partial charge in [-0.15, -0.1) is 0 Å². The van der Waals surface area contributed by atoms with E-state index < -0.39 is 30.3 Å². The molecule has 0 saturated carbocycles. The molecule has 3 aliphatic heterocycles. The van der Waals surface area contributed by atoms with Gasteiger partial charge in [0.25, 0.3) is 0 Å². The molecule has 0 aliphatic carbocycles. The number of aliphatic hydroxyl groups excluding tert-OH is 1. The van der Waals surface area contributed by atoms with Gasteiger partial charge in [-0.1, -0.05) is 171 Å². The van der Waals surface area contributed by atoms with E-state index in [9.17, 15) is 47.0 Å². The molecule has 9 atom stereocenters. The van der Waals surface area contributed by atoms with E-state index in [0.29, 0.717) is 97.6 Å². The Morgan fingerprint density at radius 1 is 0.446 bits per heavy atom. The van der Waals surface area contributed by atoms with Gasteiger partial charge in [-0.2, -0.15) is 0 Å². The second kappa shape index (κ2) is 40.9. The molecule has 24 heteroatoms. The van der Waals surface area contributed by atoms with Crippen LogP contribution in [0.25, 0.3) is 32.3 Å². The molecule has 9 aromatic rings. The fraction of sp³-hybridized carbons (Fsp3) is 0.386. The van der Waals surface area contributed by atoms with Gasteiger partial charge in [0.2, 0.25) is 29.5 Å². The Morgan fingerprint density at radius 2 is 0.777 bits per heavy atom. The molecule has 0 spiro atoms. The van der Waals surface area contributed by atoms with Crippen molar-refractivity contribution in [1.82, 2.24) is 44.9 Å². The van der Waals surface area contributed by atoms with Crippen LogP contribution in [0.5, 0.6) is 0 Å². The van der Waals surface area contributed by atoms with Gasteiger partial charge in [-0.3, -0.25) is 38.7 Å². The number of methoxy groups -OCH3 is 1. The van der Waals surface area contributed by atoms with Crippen molar-refractivity contribution >= 4 is 67.9 Å². The second-order valence-corrected chi connectivity index (χ2v) is 29.4. The summed E-state index contributed by atoms with van der Waals surface area (Å²) in [5.41, 5.74) is 24.5. The quantitative estimate of drug-likeness (QED) is 0.0299. The average molecular weight is 1530 g/mol. The first kappa shape index (κ1) is 84.3. The van der Waals surface area contributed by atoms with E-state index in [-0.39, 0.29) is 96.8 Å². The number of nitrogens with zero attached hydrogens (tertiary/aromatic N) is 7. The zero-order chi connectivity index (χ0) is 80.0. The molecule has 3 fully saturated rings. The van der Waals surface area contributed by atoms with Crippen LogP contribution in [0, 0.1) is 17.5 Å². The maximum Gasteiger partial charge on any atom is 0.409 e. The monoisotopic (exact) mass is 1530 g/mol. The predicted molar refractivity (Wildman–Crippen MR) is 432 cm³/mol. The van der Waals surface area contributed by atoms with Crippen molar-refractivity contribution in [2.45, 2.75) is 106 Å². The zero-order valence-corrected chi connectivity index (χ0v) is 64.9. The van der Waals surface area contributed by atoms with Gasteiger partial charge in [-0.05, 0) is 147 Å². The van der Waals surface area contributed by atoms with Crippen LogP contribution in [0.15, 0.2) is 200 Å². The first-order chi connectivity index (χ1) is 54.0. The lowest BCUT2D eigenvalue weighted by molar-refractivity contribution is -0.141. The molecular weight excluding hydrogens is 1430 g/mol. The third-order valence-corrected chi connectivity index (χ3v) is 21.5. The number of ether oxygens (including phenoxy) is 2. The number of benzene rings is 9. The van der Waals surface area contributed by atoms with Crippen molar-refractivity contribution in [3.05, 3.63) is 251 Å². The third-order valence-electron chi connectivity index (χ3n) is 21.5. The number of nitrogens with one attached hydrogen (secondary N) is 2. The van der Waals surface area contributed by atoms with Crippen LogP contribution in [0.4, 0.5) is 18.0 Å². The van der Waals surface area contributed by atoms with Crippen LogP contribution >= 0.6 is 0 Å². The highest BCUT2D eigenvalue weighted by atomic mass is 19.1. The molecule has 9 aromatic carbocycles. The van der Waals surface area contributed by atoms with Crippen LogP contribution in [-0.2, 0) is 72.0 Å². The highest BCUT2D eigenvalue weighted by molar-refractivity contribution is 5.88. The number of piperazine rings is 3. The standard InChI is InChI=1S/C30H37FN4O4.C29H35FN4O3.C29H35FN4O2/c1-33(2)30(38)39-20-26(16-22-7-10-23-5-3-4-6-24(23)15-22)34-13-14-35(27(18-34)19-36)29(37)28(32)17-21-8-11-25(31)12-9-21;1-32-28(35)27(17-21-7-10-22-5-3-4-6-23(22)15-21)33-13-14-34(25(18-33)19-37-2)29(36)26(31)16-20-8-11-24(30)12-9-20;1-3-25-19-33(14-15-34(25)29(36)26(31)17-20-9-12-24(30)13-10-20)27(28(35)32-2)18-21-8-11-22-6-4-5-7-23(22)16-21/h3-12,15,26-28,36H,13-14,16-20,32H2,1-2H3;3-12,15,25-27H,13-14,16-19,31H2,1-2H3,(H,32,35);4-13,16,25-27H,3,14-15,17-19,31H2,1-2H3,(H,32,35). The van der Waals surface area contributed by atoms with Crippen molar-refractivity contribution in [1.29, 1.82) is 0 Å². The van der Waals surface area contributed by atoms with E-state index in [1.54, 1.807) is 81.5 Å². The van der Waals surface area contributed by atoms with Gasteiger partial charge in [0.15, 0.2) is 0 Å². The molecule has 6 amide bonds. The van der Waals surface area contributed by atoms with Crippen LogP contribution < -0.4 is 27.8 Å². The molecule has 12 rings (SSSR count). The molecule has 3 heterocycles. The Hall–Kier alpha value is -10.2. The number of aliphatic hydroxyl groups is 1. The summed E-state index contributed by atoms with van der Waals surface area (Å²) in [6.45, 7) is 6.90. The number of fused-ring (bicyclic) bond motifs is 3. The van der Waals surface area contributed by atoms with E-state index in [4.69, 9.17) is 26.7 Å². The molecular formula is C88H107F3N12O9. The summed E-state index contributed by atoms with van der Waals surface area (Å²) in [5.74, 6) is -1.57. The van der Waals surface area contributed by atoms with Crippen LogP contribution in [0.3, 0.4) is 0 Å². The van der Waals surface area contributed by atoms with Crippen LogP contribution in [0.1, 0.15) is 46.7 Å². The molecule has 21 nitrogen and oxygen atoms in total. The molecule has 9 N–H and O–H groups in total. The molecule has 594 valence electrons. The Labute approximate surface area is 654 Å². The number of carbonyl (C=O) groups excluding carboxylic acids is 6. The van der Waals surface area contributed by atoms with Crippen molar-refractivity contribution in [2.75, 3.05) is 114 Å². The highest BCUT2D eigenvalue weighted by Gasteiger charge is 2.40. The fourth-order valence-electron chi connectivity index (χ4n) is 15.3. The Balaban J connectivity index is 0.000000178. The number of carbonyl (C=O) groups is 6. The summed E-state index contributed by atoms with van der Waals surface area (Å²) < 4.78 is 50.8. The van der Waals surface area contributed by atoms with Gasteiger partial charge < -0.3 is 62.0 Å². The molecule has 0 aromatic heterocycles. The summed E-state index contributed by atoms with van der Waals surface area (Å²) in [6, 6.07) is 57.7. The van der Waals surface area contributed by atoms with Gasteiger partial charge in [-0.25, -0.2) is 18.0 Å². The lowest BCUT2D eigenvalue weighted by atomic mass is 9.98. The molecule has 0 radical (unpaired) electrons. The number of hydrogen-bond acceptors (Lipinski definition) is 15. The summed E-state index contributed by atoms with van der Waals surface area (Å²) in [6.07, 6.45) is 3.10. The van der Waals surface area contributed by atoms with E-state index in [1.807, 2.05) is 41.3 Å². The molecule has 0 bridgehead atoms. The lowest BCUT2D eigenvalue weighted by Crippen LogP contribution is -2.63. The highest BCUT2D eigenvalue weighted by Crippen LogP contribution is 2.27. The number of nitrogens with two attached hydrogens (primary N) is 3. The van der Waals surface area contributed by atoms with E-state index >= 15 is 0 Å². The Kier molecular flexibility index (Phi) is 30.8. The Morgan fingerprint density at radius 3 is 1.13 bits per heavy atom. The van der Waals surface area contributed by atoms with E-state index in [1.165, 1.54) is 46.7 Å². The molecule has 3 saturated heterocycles. The maximum atomic E-state index is 13.3. The number of hydrogen-bond donors (Lipinski definition) is 6. The minimum atomic E-state index is -0.800. The van der Waals surface area contributed by atoms with Gasteiger partial charge in [0, 0.05) is 106 Å². The van der Waals surface area contributed by atoms with Crippen molar-refractivity contribution in [3.63, 3.8) is 0 Å². The van der Waals surface area contributed by atoms with E-state index in [2.05, 4.69) is 123 Å². The van der Waals surface area contributed by atoms with Gasteiger partial charge in [0.1, 0.15) is 24.1 Å². The second-order valence-electron chi connectivity index (χ2n) is 29.4. The average Bonchev–Trinajstić information content (AvgIpc) is 0.776. The number of likely N-dealkylation sites (N-methyl/N-ethyl adjacent to an activating group) is 2. The first-order valence-corrected chi connectivity index (χ1v) is 38.5.